The number of hydrogen-bond donors (Lipinski definition) is 10. The summed E-state index contributed by atoms with van der Waals surface area (Å²) in [6.45, 7) is 43.5. The van der Waals surface area contributed by atoms with Gasteiger partial charge in [-0.05, 0) is 184 Å². The number of ether oxygens (including phenoxy) is 3. The largest absolute Gasteiger partial charge is 0.498 e. The van der Waals surface area contributed by atoms with Crippen LogP contribution >= 0.6 is 11.8 Å². The SMILES string of the molecule is C=C1C=C(C)C2=C(CCCC2)N1.C=C1C=C(C)O1.C=C1C=CN=C(C)N1.C=C1N=CNN1C.C=C1NC=C[C@@H]1C.CC1=CC(=O)OC1=O.CC1=CCC(=O)N1.CC1=CCCS1.C[C@@H]1CC=CNC1.C[C@H]1CC=CO1.C[C@H]1CCc2[nH]c(=O)ccc2C1.Cc1c[nH]c(=O)[nH]1.Cc1cc(=O)cc[nH]1.Cn1ccncc1=O. The molecule has 14 heterocycles. The fourth-order valence-electron chi connectivity index (χ4n) is 9.93. The van der Waals surface area contributed by atoms with E-state index in [0.29, 0.717) is 24.0 Å². The Morgan fingerprint density at radius 3 is 1.83 bits per heavy atom. The zero-order chi connectivity index (χ0) is 80.8. The average molecular weight is 1510 g/mol. The van der Waals surface area contributed by atoms with Crippen molar-refractivity contribution in [1.29, 1.82) is 0 Å². The number of thioether (sulfide) groups is 1. The van der Waals surface area contributed by atoms with Gasteiger partial charge < -0.3 is 65.3 Å². The zero-order valence-corrected chi connectivity index (χ0v) is 66.9. The number of rotatable bonds is 0. The lowest BCUT2D eigenvalue weighted by Crippen LogP contribution is -2.24. The summed E-state index contributed by atoms with van der Waals surface area (Å²) in [5.74, 6) is 5.84. The van der Waals surface area contributed by atoms with Crippen LogP contribution in [0, 0.1) is 31.6 Å². The Morgan fingerprint density at radius 2 is 1.48 bits per heavy atom. The first kappa shape index (κ1) is 91.8. The third-order valence-corrected chi connectivity index (χ3v) is 17.2. The standard InChI is InChI=1S/C11H15N.C10H13NO.C6H8N2.C6H7NO.C6H9N.C6H11N.C5H6N2O.C5H7NO.C5H4O3.C5H6O.C5H8O.C5H8S.C4H7N3.C4H6N2O/c1-8-7-9(2)12-11-6-4-3-5-10(8)11;1-7-2-4-9-8(6-7)3-5-10(12)11-9;1-5-3-4-7-6(2)8-5;1-5-4-6(8)2-3-7-5;1-5-3-4-7-6(5)2;1-6-3-2-4-7-5-6;1-7-3-2-6-4-5(7)8;1-4-2-3-5(7)6-4;1-3-2-4(6)8-5(3)7;1-4-3-5(2)6-4;2*1-5-3-2-4-6-5;1-4-5-3-6-7(4)2;1-3-2-5-4(7)6-3/h7,12H,2-6H2,1H3;3,5,7H,2,4,6H2,1H3,(H,11,12);3-4H,1H2,2H3,(H,7,8);2-4H,1H3,(H,7,8);3-5,7H,2H2,1H3;2,4,6-7H,3,5H2,1H3;2-4H,1H3;2H,3H2,1H3,(H,6,7);2H,1H3;3H,1H2,2H3;2,4-5H,3H2,1H3;3H,2,4H2,1H3;3H,1H2,2H3,(H,5,6);2H,1H3,(H2,5,6,7)/t;7-;;;5-;6-;;;;;5-;;;/m.0..01....0.../s1. The second kappa shape index (κ2) is 51.0. The lowest BCUT2D eigenvalue weighted by Gasteiger charge is -2.26. The van der Waals surface area contributed by atoms with E-state index in [1.54, 1.807) is 67.8 Å². The second-order valence-corrected chi connectivity index (χ2v) is 27.8. The number of nitrogens with zero attached hydrogens (tertiary/aromatic N) is 5. The summed E-state index contributed by atoms with van der Waals surface area (Å²) >= 11 is 1.96. The molecule has 0 unspecified atom stereocenters. The van der Waals surface area contributed by atoms with Gasteiger partial charge in [-0.15, -0.1) is 11.8 Å². The molecule has 0 spiro atoms. The Bertz CT molecular complexity index is 4340. The Hall–Kier alpha value is -11.4. The van der Waals surface area contributed by atoms with Crippen LogP contribution in [0.1, 0.15) is 150 Å². The number of carbonyl (C=O) groups excluding carboxylic acids is 3. The smallest absolute Gasteiger partial charge is 0.341 e. The van der Waals surface area contributed by atoms with Gasteiger partial charge in [-0.1, -0.05) is 84.0 Å². The van der Waals surface area contributed by atoms with Gasteiger partial charge in [-0.25, -0.2) is 24.4 Å². The molecule has 12 aliphatic rings. The van der Waals surface area contributed by atoms with Crippen LogP contribution in [0.3, 0.4) is 0 Å². The van der Waals surface area contributed by atoms with E-state index in [2.05, 4.69) is 170 Å². The number of cyclic esters (lactones) is 2. The Balaban J connectivity index is 0.000000306. The molecule has 4 atom stereocenters. The number of imidazole rings is 1. The van der Waals surface area contributed by atoms with Crippen LogP contribution in [0.15, 0.2) is 264 Å². The molecule has 25 nitrogen and oxygen atoms in total. The van der Waals surface area contributed by atoms with Crippen molar-refractivity contribution in [3.05, 3.63) is 299 Å². The second-order valence-electron chi connectivity index (χ2n) is 26.5. The number of amides is 1. The van der Waals surface area contributed by atoms with Crippen LogP contribution in [-0.4, -0.2) is 90.0 Å². The highest BCUT2D eigenvalue weighted by Gasteiger charge is 2.20. The predicted molar refractivity (Wildman–Crippen MR) is 442 cm³/mol. The van der Waals surface area contributed by atoms with E-state index in [0.717, 1.165) is 101 Å². The number of aromatic nitrogens is 6. The molecule has 588 valence electrons. The van der Waals surface area contributed by atoms with Crippen molar-refractivity contribution in [1.82, 2.24) is 66.5 Å². The topological polar surface area (TPSA) is 328 Å². The van der Waals surface area contributed by atoms with Crippen molar-refractivity contribution < 1.29 is 28.6 Å². The summed E-state index contributed by atoms with van der Waals surface area (Å²) in [5, 5.41) is 16.8. The van der Waals surface area contributed by atoms with Gasteiger partial charge in [0.1, 0.15) is 29.5 Å². The number of aliphatic imine (C=N–C) groups is 2. The average Bonchev–Trinajstić information content (AvgIpc) is 1.46. The van der Waals surface area contributed by atoms with E-state index < -0.39 is 11.9 Å². The number of amidine groups is 1. The summed E-state index contributed by atoms with van der Waals surface area (Å²) in [6.07, 6.45) is 47.3. The number of fused-ring (bicyclic) bond motifs is 1. The van der Waals surface area contributed by atoms with Crippen molar-refractivity contribution in [2.45, 2.75) is 160 Å². The third-order valence-electron chi connectivity index (χ3n) is 16.1. The first-order chi connectivity index (χ1) is 51.8. The molecule has 4 aromatic heterocycles. The number of allylic oxidation sites excluding steroid dienone is 12. The number of aryl methyl sites for hydroxylation is 4. The van der Waals surface area contributed by atoms with Crippen LogP contribution in [0.4, 0.5) is 0 Å². The Kier molecular flexibility index (Phi) is 42.9. The molecule has 10 N–H and O–H groups in total. The fraction of sp³-hybridized carbons (Fsp3) is 0.373. The summed E-state index contributed by atoms with van der Waals surface area (Å²) in [7, 11) is 3.54. The van der Waals surface area contributed by atoms with Crippen LogP contribution < -0.4 is 54.2 Å². The van der Waals surface area contributed by atoms with Crippen molar-refractivity contribution in [3.63, 3.8) is 0 Å². The molecule has 0 fully saturated rings. The Labute approximate surface area is 646 Å². The van der Waals surface area contributed by atoms with Crippen molar-refractivity contribution in [2.75, 3.05) is 19.3 Å². The highest BCUT2D eigenvalue weighted by molar-refractivity contribution is 8.03. The van der Waals surface area contributed by atoms with E-state index in [1.165, 1.54) is 108 Å². The number of hydrazine groups is 1. The molecule has 4 aromatic rings. The molecule has 0 bridgehead atoms. The van der Waals surface area contributed by atoms with Gasteiger partial charge in [0.05, 0.1) is 18.6 Å². The summed E-state index contributed by atoms with van der Waals surface area (Å²) in [6, 6.07) is 6.63. The Morgan fingerprint density at radius 1 is 0.734 bits per heavy atom. The number of hydrogen-bond acceptors (Lipinski definition) is 20. The quantitative estimate of drug-likeness (QED) is 0.0577. The molecule has 1 amide bonds. The highest BCUT2D eigenvalue weighted by atomic mass is 32.2. The molecule has 2 aliphatic carbocycles. The van der Waals surface area contributed by atoms with Crippen molar-refractivity contribution in [3.8, 4) is 0 Å². The molecular formula is C83H115N15O10S. The van der Waals surface area contributed by atoms with Crippen molar-refractivity contribution >= 4 is 41.8 Å². The van der Waals surface area contributed by atoms with E-state index in [1.807, 2.05) is 96.2 Å². The number of aromatic amines is 4. The molecule has 0 saturated carbocycles. The normalized spacial score (nSPS) is 19.4. The summed E-state index contributed by atoms with van der Waals surface area (Å²) < 4.78 is 15.3. The molecule has 0 aromatic carbocycles. The molecule has 109 heavy (non-hydrogen) atoms. The number of H-pyrrole nitrogens is 4. The number of esters is 2. The van der Waals surface area contributed by atoms with Gasteiger partial charge in [0.15, 0.2) is 5.43 Å². The lowest BCUT2D eigenvalue weighted by atomic mass is 9.88. The lowest BCUT2D eigenvalue weighted by molar-refractivity contribution is -0.150. The number of nitrogens with one attached hydrogen (secondary N) is 10. The van der Waals surface area contributed by atoms with E-state index in [9.17, 15) is 33.6 Å². The van der Waals surface area contributed by atoms with Gasteiger partial charge in [0, 0.05) is 158 Å². The third kappa shape index (κ3) is 41.3. The zero-order valence-electron chi connectivity index (χ0n) is 66.0. The molecule has 26 heteroatoms. The van der Waals surface area contributed by atoms with Gasteiger partial charge in [0.2, 0.25) is 11.5 Å². The van der Waals surface area contributed by atoms with E-state index in [4.69, 9.17) is 9.47 Å². The van der Waals surface area contributed by atoms with Crippen LogP contribution in [-0.2, 0) is 48.5 Å². The number of carbonyl (C=O) groups is 3. The van der Waals surface area contributed by atoms with Crippen molar-refractivity contribution in [2.24, 2.45) is 34.8 Å². The molecule has 0 saturated heterocycles. The van der Waals surface area contributed by atoms with Crippen LogP contribution in [0.5, 0.6) is 0 Å². The van der Waals surface area contributed by atoms with Crippen LogP contribution in [0.2, 0.25) is 0 Å². The minimum atomic E-state index is -0.562. The van der Waals surface area contributed by atoms with Gasteiger partial charge in [0.25, 0.3) is 5.56 Å². The summed E-state index contributed by atoms with van der Waals surface area (Å²) in [5.41, 5.74) is 15.7. The van der Waals surface area contributed by atoms with E-state index in [-0.39, 0.29) is 28.1 Å². The fourth-order valence-corrected chi connectivity index (χ4v) is 10.7. The predicted octanol–water partition coefficient (Wildman–Crippen LogP) is 13.4. The van der Waals surface area contributed by atoms with Crippen LogP contribution in [0.25, 0.3) is 0 Å². The minimum absolute atomic E-state index is 0.0308. The number of dihydropyridines is 1. The first-order valence-electron chi connectivity index (χ1n) is 36.2. The van der Waals surface area contributed by atoms with Gasteiger partial charge in [-0.3, -0.25) is 34.6 Å². The molecular weight excluding hydrogens is 1400 g/mol. The summed E-state index contributed by atoms with van der Waals surface area (Å²) in [4.78, 5) is 96.5. The maximum absolute atomic E-state index is 11.0. The molecule has 16 rings (SSSR count). The monoisotopic (exact) mass is 1510 g/mol. The maximum Gasteiger partial charge on any atom is 0.341 e. The molecule has 0 radical (unpaired) electrons. The maximum atomic E-state index is 11.0. The number of pyridine rings is 2. The highest BCUT2D eigenvalue weighted by Crippen LogP contribution is 2.32. The minimum Gasteiger partial charge on any atom is -0.498 e. The van der Waals surface area contributed by atoms with Gasteiger partial charge in [-0.2, -0.15) is 0 Å². The van der Waals surface area contributed by atoms with Gasteiger partial charge >= 0.3 is 17.6 Å². The molecule has 10 aliphatic heterocycles. The first-order valence-corrected chi connectivity index (χ1v) is 37.1. The van der Waals surface area contributed by atoms with E-state index >= 15 is 0 Å².